The van der Waals surface area contributed by atoms with E-state index in [1.54, 1.807) is 17.3 Å². The molecule has 6 nitrogen and oxygen atoms in total. The first-order valence-electron chi connectivity index (χ1n) is 13.7. The van der Waals surface area contributed by atoms with Gasteiger partial charge in [0.05, 0.1) is 6.04 Å². The number of amides is 2. The molecule has 2 aliphatic carbocycles. The van der Waals surface area contributed by atoms with Crippen molar-refractivity contribution in [2.75, 3.05) is 11.4 Å². The Kier molecular flexibility index (Phi) is 7.16. The zero-order valence-corrected chi connectivity index (χ0v) is 21.9. The van der Waals surface area contributed by atoms with Crippen LogP contribution in [0.5, 0.6) is 0 Å². The van der Waals surface area contributed by atoms with E-state index in [0.29, 0.717) is 11.8 Å². The van der Waals surface area contributed by atoms with Crippen LogP contribution < -0.4 is 15.5 Å². The Morgan fingerprint density at radius 2 is 1.78 bits per heavy atom. The van der Waals surface area contributed by atoms with Crippen LogP contribution in [0.2, 0.25) is 0 Å². The SMILES string of the molecule is CC(C)(C)c1ccc(N(C(=O)C2NCC3CCC32)C(C(=O)NC2CCCCC2)c2cccnc2)cc1. The molecule has 1 aromatic heterocycles. The Hall–Kier alpha value is -2.73. The molecule has 5 rings (SSSR count). The number of rotatable bonds is 6. The molecule has 0 spiro atoms. The molecular weight excluding hydrogens is 448 g/mol. The molecule has 192 valence electrons. The van der Waals surface area contributed by atoms with Crippen LogP contribution >= 0.6 is 0 Å². The fourth-order valence-corrected chi connectivity index (χ4v) is 6.15. The number of nitrogens with zero attached hydrogens (tertiary/aromatic N) is 2. The molecule has 0 bridgehead atoms. The molecule has 4 atom stereocenters. The van der Waals surface area contributed by atoms with Crippen LogP contribution in [0.4, 0.5) is 5.69 Å². The van der Waals surface area contributed by atoms with Gasteiger partial charge in [-0.1, -0.05) is 58.2 Å². The highest BCUT2D eigenvalue weighted by Crippen LogP contribution is 2.42. The second-order valence-corrected chi connectivity index (χ2v) is 11.9. The third-order valence-electron chi connectivity index (χ3n) is 8.48. The zero-order chi connectivity index (χ0) is 25.3. The summed E-state index contributed by atoms with van der Waals surface area (Å²) in [5.41, 5.74) is 2.69. The lowest BCUT2D eigenvalue weighted by atomic mass is 9.72. The number of carbonyl (C=O) groups excluding carboxylic acids is 2. The average molecular weight is 489 g/mol. The minimum Gasteiger partial charge on any atom is -0.351 e. The van der Waals surface area contributed by atoms with E-state index in [1.807, 2.05) is 24.3 Å². The summed E-state index contributed by atoms with van der Waals surface area (Å²) in [5.74, 6) is 0.784. The second-order valence-electron chi connectivity index (χ2n) is 11.9. The third kappa shape index (κ3) is 5.06. The standard InChI is InChI=1S/C30H40N4O2/c1-30(2,3)22-12-14-24(15-13-22)34(29(36)26-25-16-11-20(25)19-32-26)27(21-8-7-17-31-18-21)28(35)33-23-9-5-4-6-10-23/h7-8,12-15,17-18,20,23,25-27,32H,4-6,9-11,16,19H2,1-3H3,(H,33,35). The van der Waals surface area contributed by atoms with Gasteiger partial charge in [0.15, 0.2) is 0 Å². The quantitative estimate of drug-likeness (QED) is 0.607. The highest BCUT2D eigenvalue weighted by atomic mass is 16.2. The number of carbonyl (C=O) groups is 2. The highest BCUT2D eigenvalue weighted by molar-refractivity contribution is 6.04. The van der Waals surface area contributed by atoms with Crippen molar-refractivity contribution in [3.05, 3.63) is 59.9 Å². The van der Waals surface area contributed by atoms with Gasteiger partial charge >= 0.3 is 0 Å². The largest absolute Gasteiger partial charge is 0.351 e. The van der Waals surface area contributed by atoms with Gasteiger partial charge in [0.2, 0.25) is 11.8 Å². The van der Waals surface area contributed by atoms with E-state index in [4.69, 9.17) is 0 Å². The summed E-state index contributed by atoms with van der Waals surface area (Å²) >= 11 is 0. The minimum atomic E-state index is -0.769. The van der Waals surface area contributed by atoms with Crippen LogP contribution in [0.1, 0.15) is 82.9 Å². The molecule has 2 amide bonds. The van der Waals surface area contributed by atoms with Gasteiger partial charge in [0.1, 0.15) is 6.04 Å². The molecule has 2 saturated carbocycles. The Morgan fingerprint density at radius 3 is 2.36 bits per heavy atom. The van der Waals surface area contributed by atoms with Crippen LogP contribution in [0, 0.1) is 11.8 Å². The van der Waals surface area contributed by atoms with Gasteiger partial charge in [-0.25, -0.2) is 0 Å². The summed E-state index contributed by atoms with van der Waals surface area (Å²) < 4.78 is 0. The van der Waals surface area contributed by atoms with Crippen molar-refractivity contribution in [3.8, 4) is 0 Å². The first-order chi connectivity index (χ1) is 17.3. The van der Waals surface area contributed by atoms with E-state index < -0.39 is 6.04 Å². The molecule has 3 aliphatic rings. The number of anilines is 1. The molecule has 36 heavy (non-hydrogen) atoms. The molecular formula is C30H40N4O2. The normalized spacial score (nSPS) is 24.9. The van der Waals surface area contributed by atoms with Gasteiger partial charge in [-0.15, -0.1) is 0 Å². The summed E-state index contributed by atoms with van der Waals surface area (Å²) in [6.45, 7) is 7.42. The number of pyridine rings is 1. The minimum absolute atomic E-state index is 0.000632. The molecule has 3 fully saturated rings. The molecule has 2 N–H and O–H groups in total. The summed E-state index contributed by atoms with van der Waals surface area (Å²) in [5, 5.41) is 6.79. The Balaban J connectivity index is 1.54. The lowest BCUT2D eigenvalue weighted by Crippen LogP contribution is -2.53. The first-order valence-corrected chi connectivity index (χ1v) is 13.7. The van der Waals surface area contributed by atoms with E-state index in [1.165, 1.54) is 18.4 Å². The third-order valence-corrected chi connectivity index (χ3v) is 8.48. The predicted molar refractivity (Wildman–Crippen MR) is 143 cm³/mol. The highest BCUT2D eigenvalue weighted by Gasteiger charge is 2.48. The van der Waals surface area contributed by atoms with Crippen molar-refractivity contribution in [2.24, 2.45) is 11.8 Å². The molecule has 2 heterocycles. The van der Waals surface area contributed by atoms with Crippen LogP contribution in [-0.2, 0) is 15.0 Å². The fourth-order valence-electron chi connectivity index (χ4n) is 6.15. The van der Waals surface area contributed by atoms with Gasteiger partial charge in [-0.2, -0.15) is 0 Å². The number of fused-ring (bicyclic) bond motifs is 1. The van der Waals surface area contributed by atoms with Crippen molar-refractivity contribution >= 4 is 17.5 Å². The van der Waals surface area contributed by atoms with Gasteiger partial charge in [0, 0.05) is 29.7 Å². The van der Waals surface area contributed by atoms with E-state index in [-0.39, 0.29) is 29.3 Å². The lowest BCUT2D eigenvalue weighted by Gasteiger charge is -2.38. The molecule has 1 aromatic carbocycles. The summed E-state index contributed by atoms with van der Waals surface area (Å²) in [7, 11) is 0. The number of hydrogen-bond acceptors (Lipinski definition) is 4. The molecule has 2 aromatic rings. The molecule has 0 radical (unpaired) electrons. The van der Waals surface area contributed by atoms with Crippen molar-refractivity contribution < 1.29 is 9.59 Å². The van der Waals surface area contributed by atoms with Crippen molar-refractivity contribution in [2.45, 2.75) is 89.3 Å². The maximum Gasteiger partial charge on any atom is 0.248 e. The summed E-state index contributed by atoms with van der Waals surface area (Å²) in [6.07, 6.45) is 11.2. The predicted octanol–water partition coefficient (Wildman–Crippen LogP) is 4.90. The van der Waals surface area contributed by atoms with E-state index in [9.17, 15) is 9.59 Å². The Bertz CT molecular complexity index is 1060. The van der Waals surface area contributed by atoms with Gasteiger partial charge in [0.25, 0.3) is 0 Å². The number of aromatic nitrogens is 1. The van der Waals surface area contributed by atoms with Crippen molar-refractivity contribution in [3.63, 3.8) is 0 Å². The van der Waals surface area contributed by atoms with Crippen LogP contribution in [0.25, 0.3) is 0 Å². The van der Waals surface area contributed by atoms with E-state index in [2.05, 4.69) is 48.5 Å². The van der Waals surface area contributed by atoms with Crippen LogP contribution in [0.15, 0.2) is 48.8 Å². The van der Waals surface area contributed by atoms with E-state index in [0.717, 1.165) is 49.9 Å². The van der Waals surface area contributed by atoms with Gasteiger partial charge < -0.3 is 10.6 Å². The Morgan fingerprint density at radius 1 is 1.03 bits per heavy atom. The van der Waals surface area contributed by atoms with Crippen molar-refractivity contribution in [1.29, 1.82) is 0 Å². The van der Waals surface area contributed by atoms with Crippen molar-refractivity contribution in [1.82, 2.24) is 15.6 Å². The monoisotopic (exact) mass is 488 g/mol. The number of nitrogens with one attached hydrogen (secondary N) is 2. The maximum atomic E-state index is 14.3. The summed E-state index contributed by atoms with van der Waals surface area (Å²) in [4.78, 5) is 34.3. The molecule has 1 saturated heterocycles. The topological polar surface area (TPSA) is 74.3 Å². The van der Waals surface area contributed by atoms with Gasteiger partial charge in [-0.05, 0) is 73.2 Å². The number of benzene rings is 1. The number of hydrogen-bond donors (Lipinski definition) is 2. The van der Waals surface area contributed by atoms with Crippen LogP contribution in [0.3, 0.4) is 0 Å². The average Bonchev–Trinajstić information content (AvgIpc) is 3.16. The second kappa shape index (κ2) is 10.3. The van der Waals surface area contributed by atoms with E-state index >= 15 is 0 Å². The lowest BCUT2D eigenvalue weighted by molar-refractivity contribution is -0.128. The molecule has 4 unspecified atom stereocenters. The van der Waals surface area contributed by atoms with Gasteiger partial charge in [-0.3, -0.25) is 19.5 Å². The van der Waals surface area contributed by atoms with Crippen LogP contribution in [-0.4, -0.2) is 35.4 Å². The first kappa shape index (κ1) is 24.9. The molecule has 1 aliphatic heterocycles. The Labute approximate surface area is 215 Å². The maximum absolute atomic E-state index is 14.3. The smallest absolute Gasteiger partial charge is 0.248 e. The summed E-state index contributed by atoms with van der Waals surface area (Å²) in [6, 6.07) is 11.1. The molecule has 6 heteroatoms. The fraction of sp³-hybridized carbons (Fsp3) is 0.567. The zero-order valence-electron chi connectivity index (χ0n) is 21.9.